The molecule has 3 fully saturated rings. The quantitative estimate of drug-likeness (QED) is 0.252. The molecule has 17 heteroatoms. The minimum atomic E-state index is -4.79. The van der Waals surface area contributed by atoms with Gasteiger partial charge in [0.2, 0.25) is 0 Å². The molecule has 13 nitrogen and oxygen atoms in total. The van der Waals surface area contributed by atoms with E-state index in [0.717, 1.165) is 23.9 Å². The lowest BCUT2D eigenvalue weighted by atomic mass is 10.00. The number of nitrogens with zero attached hydrogens (tertiary/aromatic N) is 5. The van der Waals surface area contributed by atoms with Crippen LogP contribution in [0.3, 0.4) is 0 Å². The van der Waals surface area contributed by atoms with Crippen molar-refractivity contribution in [2.45, 2.75) is 69.3 Å². The number of carbonyl (C=O) groups excluding carboxylic acids is 4. The fourth-order valence-corrected chi connectivity index (χ4v) is 8.37. The van der Waals surface area contributed by atoms with Crippen molar-refractivity contribution in [3.05, 3.63) is 58.1 Å². The zero-order valence-corrected chi connectivity index (χ0v) is 32.6. The van der Waals surface area contributed by atoms with E-state index in [1.54, 1.807) is 9.80 Å². The van der Waals surface area contributed by atoms with Crippen LogP contribution in [0.5, 0.6) is 0 Å². The Morgan fingerprint density at radius 2 is 1.64 bits per heavy atom. The van der Waals surface area contributed by atoms with Gasteiger partial charge in [0.05, 0.1) is 22.2 Å². The minimum Gasteiger partial charge on any atom is -0.464 e. The standard InChI is InChI=1S/C39H51ClF3N7O6/c1-46(2)19-20-55-36(52)27-7-13-49(24-27)28-9-14-47(15-10-28)35(51)33(23-25-21-30(39(41,42)43)34(44)31(40)22-25)56-38(54)48-16-11-29(12-17-48)50-18-8-26-5-3-4-6-32(26)45-37(50)53/h3-6,21-22,27-29,33H,7-20,23-24,44H2,1-2H3,(H,45,53)/t27-,33+/m0/s1. The van der Waals surface area contributed by atoms with Crippen LogP contribution in [0.2, 0.25) is 5.02 Å². The average Bonchev–Trinajstić information content (AvgIpc) is 3.60. The lowest BCUT2D eigenvalue weighted by Gasteiger charge is -2.39. The first kappa shape index (κ1) is 41.4. The normalized spacial score (nSPS) is 20.7. The zero-order chi connectivity index (χ0) is 40.1. The largest absolute Gasteiger partial charge is 0.464 e. The Balaban J connectivity index is 1.09. The molecule has 6 rings (SSSR count). The Morgan fingerprint density at radius 1 is 0.964 bits per heavy atom. The first-order valence-electron chi connectivity index (χ1n) is 19.3. The number of anilines is 2. The SMILES string of the molecule is CN(C)CCOC(=O)[C@H]1CCN(C2CCN(C(=O)[C@@H](Cc3cc(Cl)c(N)c(C(F)(F)F)c3)OC(=O)N3CCC(N4CCc5ccccc5NC4=O)CC3)CC2)C1. The van der Waals surface area contributed by atoms with Gasteiger partial charge in [0.1, 0.15) is 6.61 Å². The molecule has 306 valence electrons. The van der Waals surface area contributed by atoms with Gasteiger partial charge in [0, 0.05) is 70.0 Å². The lowest BCUT2D eigenvalue weighted by Crippen LogP contribution is -2.52. The summed E-state index contributed by atoms with van der Waals surface area (Å²) in [5.41, 5.74) is 5.79. The molecule has 0 unspecified atom stereocenters. The number of piperidine rings is 2. The summed E-state index contributed by atoms with van der Waals surface area (Å²) >= 11 is 6.13. The van der Waals surface area contributed by atoms with E-state index in [9.17, 15) is 32.3 Å². The van der Waals surface area contributed by atoms with Crippen LogP contribution in [-0.2, 0) is 38.1 Å². The van der Waals surface area contributed by atoms with Crippen molar-refractivity contribution in [1.29, 1.82) is 0 Å². The maximum atomic E-state index is 14.1. The number of fused-ring (bicyclic) bond motifs is 1. The number of amides is 4. The third kappa shape index (κ3) is 9.98. The number of para-hydroxylation sites is 1. The Kier molecular flexibility index (Phi) is 13.2. The van der Waals surface area contributed by atoms with Crippen LogP contribution in [0.15, 0.2) is 36.4 Å². The van der Waals surface area contributed by atoms with Gasteiger partial charge in [-0.05, 0) is 88.5 Å². The highest BCUT2D eigenvalue weighted by atomic mass is 35.5. The van der Waals surface area contributed by atoms with Crippen LogP contribution in [0.4, 0.5) is 34.1 Å². The summed E-state index contributed by atoms with van der Waals surface area (Å²) < 4.78 is 53.0. The molecule has 0 bridgehead atoms. The summed E-state index contributed by atoms with van der Waals surface area (Å²) in [7, 11) is 3.82. The van der Waals surface area contributed by atoms with E-state index in [1.165, 1.54) is 11.0 Å². The van der Waals surface area contributed by atoms with Crippen LogP contribution in [-0.4, -0.2) is 140 Å². The molecule has 2 aromatic rings. The number of nitrogen functional groups attached to an aromatic ring is 1. The van der Waals surface area contributed by atoms with E-state index in [1.807, 2.05) is 43.3 Å². The van der Waals surface area contributed by atoms with Crippen LogP contribution in [0.1, 0.15) is 48.8 Å². The number of carbonyl (C=O) groups is 4. The summed E-state index contributed by atoms with van der Waals surface area (Å²) in [6.07, 6.45) is -3.75. The van der Waals surface area contributed by atoms with Crippen molar-refractivity contribution in [2.75, 3.05) is 84.1 Å². The number of ether oxygens (including phenoxy) is 2. The molecule has 4 aliphatic heterocycles. The molecule has 0 aliphatic carbocycles. The summed E-state index contributed by atoms with van der Waals surface area (Å²) in [6.45, 7) is 4.02. The fraction of sp³-hybridized carbons (Fsp3) is 0.590. The maximum absolute atomic E-state index is 14.1. The fourth-order valence-electron chi connectivity index (χ4n) is 8.13. The van der Waals surface area contributed by atoms with Crippen molar-refractivity contribution in [3.63, 3.8) is 0 Å². The second kappa shape index (κ2) is 17.9. The number of hydrogen-bond acceptors (Lipinski definition) is 9. The van der Waals surface area contributed by atoms with Crippen molar-refractivity contribution < 1.29 is 41.8 Å². The van der Waals surface area contributed by atoms with Crippen molar-refractivity contribution >= 4 is 47.0 Å². The molecule has 0 spiro atoms. The Bertz CT molecular complexity index is 1750. The number of nitrogens with one attached hydrogen (secondary N) is 1. The smallest absolute Gasteiger partial charge is 0.418 e. The first-order chi connectivity index (χ1) is 26.7. The molecule has 3 saturated heterocycles. The van der Waals surface area contributed by atoms with E-state index < -0.39 is 35.5 Å². The maximum Gasteiger partial charge on any atom is 0.418 e. The van der Waals surface area contributed by atoms with Crippen LogP contribution in [0, 0.1) is 5.92 Å². The van der Waals surface area contributed by atoms with E-state index in [4.69, 9.17) is 26.8 Å². The van der Waals surface area contributed by atoms with Crippen molar-refractivity contribution in [3.8, 4) is 0 Å². The number of benzene rings is 2. The summed E-state index contributed by atoms with van der Waals surface area (Å²) in [4.78, 5) is 62.6. The minimum absolute atomic E-state index is 0.0463. The predicted molar refractivity (Wildman–Crippen MR) is 204 cm³/mol. The molecule has 3 N–H and O–H groups in total. The monoisotopic (exact) mass is 805 g/mol. The summed E-state index contributed by atoms with van der Waals surface area (Å²) in [5, 5.41) is 2.66. The summed E-state index contributed by atoms with van der Waals surface area (Å²) in [6, 6.07) is 9.57. The number of esters is 1. The molecule has 2 aromatic carbocycles. The first-order valence-corrected chi connectivity index (χ1v) is 19.7. The highest BCUT2D eigenvalue weighted by molar-refractivity contribution is 6.33. The third-order valence-corrected chi connectivity index (χ3v) is 11.7. The average molecular weight is 806 g/mol. The van der Waals surface area contributed by atoms with Gasteiger partial charge < -0.3 is 40.1 Å². The van der Waals surface area contributed by atoms with Gasteiger partial charge >= 0.3 is 24.3 Å². The zero-order valence-electron chi connectivity index (χ0n) is 31.9. The number of hydrogen-bond donors (Lipinski definition) is 2. The number of nitrogens with two attached hydrogens (primary N) is 1. The topological polar surface area (TPSA) is 141 Å². The lowest BCUT2D eigenvalue weighted by molar-refractivity contribution is -0.148. The molecule has 4 amide bonds. The number of halogens is 4. The van der Waals surface area contributed by atoms with Gasteiger partial charge in [-0.1, -0.05) is 29.8 Å². The summed E-state index contributed by atoms with van der Waals surface area (Å²) in [5.74, 6) is -0.930. The van der Waals surface area contributed by atoms with Crippen LogP contribution >= 0.6 is 11.6 Å². The Labute approximate surface area is 330 Å². The number of rotatable bonds is 10. The highest BCUT2D eigenvalue weighted by Crippen LogP contribution is 2.38. The van der Waals surface area contributed by atoms with Gasteiger partial charge in [0.15, 0.2) is 6.10 Å². The number of likely N-dealkylation sites (tertiary alicyclic amines) is 3. The van der Waals surface area contributed by atoms with E-state index in [2.05, 4.69) is 10.2 Å². The van der Waals surface area contributed by atoms with Crippen LogP contribution < -0.4 is 11.1 Å². The van der Waals surface area contributed by atoms with E-state index >= 15 is 0 Å². The molecular formula is C39H51ClF3N7O6. The molecule has 2 atom stereocenters. The van der Waals surface area contributed by atoms with Gasteiger partial charge in [-0.15, -0.1) is 0 Å². The van der Waals surface area contributed by atoms with Crippen molar-refractivity contribution in [1.82, 2.24) is 24.5 Å². The highest BCUT2D eigenvalue weighted by Gasteiger charge is 2.40. The molecule has 56 heavy (non-hydrogen) atoms. The molecule has 4 heterocycles. The number of likely N-dealkylation sites (N-methyl/N-ethyl adjacent to an activating group) is 1. The number of urea groups is 1. The number of alkyl halides is 3. The predicted octanol–water partition coefficient (Wildman–Crippen LogP) is 4.96. The Hall–Kier alpha value is -4.28. The van der Waals surface area contributed by atoms with Crippen LogP contribution in [0.25, 0.3) is 0 Å². The van der Waals surface area contributed by atoms with E-state index in [0.29, 0.717) is 77.9 Å². The second-order valence-corrected chi connectivity index (χ2v) is 15.8. The van der Waals surface area contributed by atoms with Gasteiger partial charge in [-0.25, -0.2) is 9.59 Å². The third-order valence-electron chi connectivity index (χ3n) is 11.4. The van der Waals surface area contributed by atoms with Gasteiger partial charge in [-0.3, -0.25) is 14.5 Å². The molecule has 4 aliphatic rings. The van der Waals surface area contributed by atoms with E-state index in [-0.39, 0.29) is 60.1 Å². The van der Waals surface area contributed by atoms with Gasteiger partial charge in [0.25, 0.3) is 5.91 Å². The molecular weight excluding hydrogens is 755 g/mol. The molecule has 0 saturated carbocycles. The van der Waals surface area contributed by atoms with Crippen molar-refractivity contribution in [2.24, 2.45) is 5.92 Å². The Morgan fingerprint density at radius 3 is 2.34 bits per heavy atom. The van der Waals surface area contributed by atoms with Gasteiger partial charge in [-0.2, -0.15) is 13.2 Å². The second-order valence-electron chi connectivity index (χ2n) is 15.4. The molecule has 0 aromatic heterocycles. The molecule has 0 radical (unpaired) electrons.